The van der Waals surface area contributed by atoms with Crippen molar-refractivity contribution in [2.75, 3.05) is 32.1 Å². The van der Waals surface area contributed by atoms with Crippen molar-refractivity contribution in [2.45, 2.75) is 31.9 Å². The Kier molecular flexibility index (Phi) is 4.59. The smallest absolute Gasteiger partial charge is 0.252 e. The van der Waals surface area contributed by atoms with E-state index in [0.717, 1.165) is 41.9 Å². The van der Waals surface area contributed by atoms with Gasteiger partial charge in [-0.3, -0.25) is 4.79 Å². The SMILES string of the molecule is CN(C)c1nc(-c2ccccc2)nc2c1CCN(C(=O)[C@@H]1CCCO1)C2. The van der Waals surface area contributed by atoms with Gasteiger partial charge in [0.25, 0.3) is 5.91 Å². The number of rotatable bonds is 3. The summed E-state index contributed by atoms with van der Waals surface area (Å²) < 4.78 is 5.58. The Bertz CT molecular complexity index is 801. The normalized spacial score (nSPS) is 19.3. The highest BCUT2D eigenvalue weighted by Gasteiger charge is 2.32. The van der Waals surface area contributed by atoms with Gasteiger partial charge in [0, 0.05) is 38.4 Å². The van der Waals surface area contributed by atoms with Crippen molar-refractivity contribution in [3.63, 3.8) is 0 Å². The highest BCUT2D eigenvalue weighted by atomic mass is 16.5. The highest BCUT2D eigenvalue weighted by Crippen LogP contribution is 2.29. The van der Waals surface area contributed by atoms with Gasteiger partial charge in [-0.15, -0.1) is 0 Å². The van der Waals surface area contributed by atoms with Gasteiger partial charge in [0.2, 0.25) is 0 Å². The summed E-state index contributed by atoms with van der Waals surface area (Å²) >= 11 is 0. The molecule has 1 fully saturated rings. The molecule has 136 valence electrons. The van der Waals surface area contributed by atoms with Gasteiger partial charge >= 0.3 is 0 Å². The third-order valence-electron chi connectivity index (χ3n) is 5.02. The monoisotopic (exact) mass is 352 g/mol. The summed E-state index contributed by atoms with van der Waals surface area (Å²) in [6.45, 7) is 1.91. The molecule has 0 unspecified atom stereocenters. The zero-order valence-electron chi connectivity index (χ0n) is 15.3. The number of hydrogen-bond donors (Lipinski definition) is 0. The number of nitrogens with zero attached hydrogens (tertiary/aromatic N) is 4. The third kappa shape index (κ3) is 3.17. The van der Waals surface area contributed by atoms with Gasteiger partial charge in [0.1, 0.15) is 11.9 Å². The van der Waals surface area contributed by atoms with Crippen molar-refractivity contribution < 1.29 is 9.53 Å². The molecule has 0 radical (unpaired) electrons. The van der Waals surface area contributed by atoms with Crippen molar-refractivity contribution in [1.29, 1.82) is 0 Å². The summed E-state index contributed by atoms with van der Waals surface area (Å²) in [7, 11) is 4.00. The van der Waals surface area contributed by atoms with E-state index < -0.39 is 0 Å². The van der Waals surface area contributed by atoms with Gasteiger partial charge in [-0.05, 0) is 19.3 Å². The van der Waals surface area contributed by atoms with Gasteiger partial charge in [-0.1, -0.05) is 30.3 Å². The summed E-state index contributed by atoms with van der Waals surface area (Å²) in [5.74, 6) is 1.75. The van der Waals surface area contributed by atoms with E-state index in [1.165, 1.54) is 0 Å². The van der Waals surface area contributed by atoms with E-state index in [1.54, 1.807) is 0 Å². The molecule has 1 aromatic heterocycles. The molecular weight excluding hydrogens is 328 g/mol. The second-order valence-corrected chi connectivity index (χ2v) is 7.07. The number of anilines is 1. The van der Waals surface area contributed by atoms with Crippen LogP contribution >= 0.6 is 0 Å². The summed E-state index contributed by atoms with van der Waals surface area (Å²) in [5, 5.41) is 0. The van der Waals surface area contributed by atoms with Crippen LogP contribution in [0.2, 0.25) is 0 Å². The largest absolute Gasteiger partial charge is 0.368 e. The van der Waals surface area contributed by atoms with E-state index in [-0.39, 0.29) is 12.0 Å². The molecule has 6 nitrogen and oxygen atoms in total. The number of carbonyl (C=O) groups is 1. The third-order valence-corrected chi connectivity index (χ3v) is 5.02. The van der Waals surface area contributed by atoms with E-state index in [4.69, 9.17) is 14.7 Å². The number of benzene rings is 1. The lowest BCUT2D eigenvalue weighted by molar-refractivity contribution is -0.141. The lowest BCUT2D eigenvalue weighted by Gasteiger charge is -2.32. The van der Waals surface area contributed by atoms with Crippen molar-refractivity contribution in [2.24, 2.45) is 0 Å². The quantitative estimate of drug-likeness (QED) is 0.848. The van der Waals surface area contributed by atoms with Crippen molar-refractivity contribution >= 4 is 11.7 Å². The Morgan fingerprint density at radius 1 is 1.23 bits per heavy atom. The van der Waals surface area contributed by atoms with E-state index in [0.29, 0.717) is 25.5 Å². The van der Waals surface area contributed by atoms with Crippen LogP contribution in [0.3, 0.4) is 0 Å². The predicted octanol–water partition coefficient (Wildman–Crippen LogP) is 2.27. The predicted molar refractivity (Wildman–Crippen MR) is 99.9 cm³/mol. The molecule has 1 amide bonds. The van der Waals surface area contributed by atoms with Crippen molar-refractivity contribution in [3.05, 3.63) is 41.6 Å². The average Bonchev–Trinajstić information content (AvgIpc) is 3.21. The minimum atomic E-state index is -0.277. The molecule has 0 saturated carbocycles. The number of hydrogen-bond acceptors (Lipinski definition) is 5. The fourth-order valence-electron chi connectivity index (χ4n) is 3.66. The molecule has 0 aliphatic carbocycles. The lowest BCUT2D eigenvalue weighted by Crippen LogP contribution is -2.42. The van der Waals surface area contributed by atoms with E-state index >= 15 is 0 Å². The average molecular weight is 352 g/mol. The first-order valence-corrected chi connectivity index (χ1v) is 9.16. The molecule has 6 heteroatoms. The maximum Gasteiger partial charge on any atom is 0.252 e. The molecule has 2 aromatic rings. The van der Waals surface area contributed by atoms with Crippen molar-refractivity contribution in [3.8, 4) is 11.4 Å². The Morgan fingerprint density at radius 2 is 2.04 bits per heavy atom. The van der Waals surface area contributed by atoms with Crippen LogP contribution in [0.4, 0.5) is 5.82 Å². The zero-order valence-corrected chi connectivity index (χ0v) is 15.3. The molecule has 2 aliphatic heterocycles. The first-order valence-electron chi connectivity index (χ1n) is 9.16. The maximum absolute atomic E-state index is 12.7. The second-order valence-electron chi connectivity index (χ2n) is 7.07. The highest BCUT2D eigenvalue weighted by molar-refractivity contribution is 5.81. The number of carbonyl (C=O) groups excluding carboxylic acids is 1. The summed E-state index contributed by atoms with van der Waals surface area (Å²) in [5.41, 5.74) is 3.08. The minimum absolute atomic E-state index is 0.0967. The molecule has 0 bridgehead atoms. The second kappa shape index (κ2) is 7.03. The Hall–Kier alpha value is -2.47. The van der Waals surface area contributed by atoms with Crippen LogP contribution in [0.5, 0.6) is 0 Å². The molecule has 0 spiro atoms. The first kappa shape index (κ1) is 17.0. The van der Waals surface area contributed by atoms with Crippen LogP contribution in [0.15, 0.2) is 30.3 Å². The van der Waals surface area contributed by atoms with Gasteiger partial charge in [-0.2, -0.15) is 0 Å². The molecular formula is C20H24N4O2. The molecule has 4 rings (SSSR count). The van der Waals surface area contributed by atoms with Crippen LogP contribution in [-0.4, -0.2) is 54.1 Å². The summed E-state index contributed by atoms with van der Waals surface area (Å²) in [4.78, 5) is 26.3. The number of fused-ring (bicyclic) bond motifs is 1. The Labute approximate surface area is 153 Å². The van der Waals surface area contributed by atoms with Crippen molar-refractivity contribution in [1.82, 2.24) is 14.9 Å². The number of amides is 1. The van der Waals surface area contributed by atoms with Crippen LogP contribution < -0.4 is 4.90 Å². The van der Waals surface area contributed by atoms with Gasteiger partial charge in [0.05, 0.1) is 12.2 Å². The fourth-order valence-corrected chi connectivity index (χ4v) is 3.66. The van der Waals surface area contributed by atoms with Gasteiger partial charge < -0.3 is 14.5 Å². The van der Waals surface area contributed by atoms with Crippen LogP contribution in [-0.2, 0) is 22.5 Å². The molecule has 1 atom stereocenters. The standard InChI is InChI=1S/C20H24N4O2/c1-23(2)19-15-10-11-24(20(25)17-9-6-12-26-17)13-16(15)21-18(22-19)14-7-4-3-5-8-14/h3-5,7-8,17H,6,9-13H2,1-2H3/t17-/m0/s1. The topological polar surface area (TPSA) is 58.6 Å². The zero-order chi connectivity index (χ0) is 18.1. The molecule has 1 aromatic carbocycles. The van der Waals surface area contributed by atoms with Crippen LogP contribution in [0, 0.1) is 0 Å². The molecule has 0 N–H and O–H groups in total. The van der Waals surface area contributed by atoms with E-state index in [9.17, 15) is 4.79 Å². The van der Waals surface area contributed by atoms with Gasteiger partial charge in [0.15, 0.2) is 5.82 Å². The maximum atomic E-state index is 12.7. The van der Waals surface area contributed by atoms with E-state index in [1.807, 2.05) is 54.2 Å². The first-order chi connectivity index (χ1) is 12.6. The fraction of sp³-hybridized carbons (Fsp3) is 0.450. The number of aromatic nitrogens is 2. The number of ether oxygens (including phenoxy) is 1. The Morgan fingerprint density at radius 3 is 2.73 bits per heavy atom. The molecule has 2 aliphatic rings. The van der Waals surface area contributed by atoms with Crippen LogP contribution in [0.25, 0.3) is 11.4 Å². The molecule has 26 heavy (non-hydrogen) atoms. The van der Waals surface area contributed by atoms with Crippen LogP contribution in [0.1, 0.15) is 24.1 Å². The van der Waals surface area contributed by atoms with Gasteiger partial charge in [-0.25, -0.2) is 9.97 Å². The van der Waals surface area contributed by atoms with E-state index in [2.05, 4.69) is 0 Å². The molecule has 3 heterocycles. The Balaban J connectivity index is 1.68. The lowest BCUT2D eigenvalue weighted by atomic mass is 10.0. The minimum Gasteiger partial charge on any atom is -0.368 e. The molecule has 1 saturated heterocycles. The summed E-state index contributed by atoms with van der Waals surface area (Å²) in [6, 6.07) is 9.98. The summed E-state index contributed by atoms with van der Waals surface area (Å²) in [6.07, 6.45) is 2.28.